The molecule has 0 saturated heterocycles. The summed E-state index contributed by atoms with van der Waals surface area (Å²) in [7, 11) is 0. The van der Waals surface area contributed by atoms with Gasteiger partial charge in [-0.15, -0.1) is 0 Å². The molecular weight excluding hydrogens is 318 g/mol. The van der Waals surface area contributed by atoms with E-state index < -0.39 is 11.9 Å². The molecule has 0 spiro atoms. The van der Waals surface area contributed by atoms with Crippen molar-refractivity contribution in [1.29, 1.82) is 0 Å². The summed E-state index contributed by atoms with van der Waals surface area (Å²) in [5.41, 5.74) is 6.01. The highest BCUT2D eigenvalue weighted by Gasteiger charge is 2.06. The molecule has 2 aromatic carbocycles. The number of amides is 3. The van der Waals surface area contributed by atoms with Crippen LogP contribution >= 0.6 is 11.6 Å². The van der Waals surface area contributed by atoms with Gasteiger partial charge < -0.3 is 10.1 Å². The van der Waals surface area contributed by atoms with E-state index in [-0.39, 0.29) is 6.61 Å². The summed E-state index contributed by atoms with van der Waals surface area (Å²) in [5, 5.41) is 3.03. The summed E-state index contributed by atoms with van der Waals surface area (Å²) in [6.07, 6.45) is 0. The van der Waals surface area contributed by atoms with Crippen LogP contribution in [0, 0.1) is 6.92 Å². The summed E-state index contributed by atoms with van der Waals surface area (Å²) >= 11 is 5.81. The molecule has 0 saturated carbocycles. The number of benzene rings is 2. The van der Waals surface area contributed by atoms with Crippen molar-refractivity contribution in [3.05, 3.63) is 59.1 Å². The molecule has 23 heavy (non-hydrogen) atoms. The molecule has 0 aliphatic heterocycles. The predicted octanol–water partition coefficient (Wildman–Crippen LogP) is 2.88. The number of hydrogen-bond donors (Lipinski definition) is 3. The van der Waals surface area contributed by atoms with Crippen molar-refractivity contribution >= 4 is 29.2 Å². The van der Waals surface area contributed by atoms with Gasteiger partial charge in [-0.2, -0.15) is 0 Å². The van der Waals surface area contributed by atoms with Crippen LogP contribution in [0.15, 0.2) is 48.5 Å². The first-order chi connectivity index (χ1) is 11.0. The van der Waals surface area contributed by atoms with E-state index in [0.29, 0.717) is 16.5 Å². The van der Waals surface area contributed by atoms with Crippen LogP contribution in [0.25, 0.3) is 0 Å². The first-order valence-electron chi connectivity index (χ1n) is 6.84. The fraction of sp³-hybridized carbons (Fsp3) is 0.125. The lowest BCUT2D eigenvalue weighted by Crippen LogP contribution is -2.45. The molecule has 3 N–H and O–H groups in total. The average Bonchev–Trinajstić information content (AvgIpc) is 2.51. The van der Waals surface area contributed by atoms with Crippen molar-refractivity contribution in [3.8, 4) is 5.75 Å². The number of hydrogen-bond acceptors (Lipinski definition) is 3. The van der Waals surface area contributed by atoms with Gasteiger partial charge in [0.1, 0.15) is 5.75 Å². The van der Waals surface area contributed by atoms with Crippen LogP contribution in [0.3, 0.4) is 0 Å². The molecule has 2 rings (SSSR count). The van der Waals surface area contributed by atoms with E-state index in [0.717, 1.165) is 5.56 Å². The van der Waals surface area contributed by atoms with Crippen molar-refractivity contribution in [2.75, 3.05) is 11.9 Å². The van der Waals surface area contributed by atoms with Gasteiger partial charge in [-0.3, -0.25) is 10.2 Å². The normalized spacial score (nSPS) is 9.83. The number of ether oxygens (including phenoxy) is 1. The number of carbonyl (C=O) groups excluding carboxylic acids is 2. The van der Waals surface area contributed by atoms with Crippen molar-refractivity contribution in [1.82, 2.24) is 10.9 Å². The molecule has 0 unspecified atom stereocenters. The number of anilines is 1. The number of aryl methyl sites for hydroxylation is 1. The molecule has 0 aromatic heterocycles. The Kier molecular flexibility index (Phi) is 5.82. The van der Waals surface area contributed by atoms with Crippen LogP contribution in [0.2, 0.25) is 5.02 Å². The van der Waals surface area contributed by atoms with Crippen LogP contribution in [0.1, 0.15) is 5.56 Å². The van der Waals surface area contributed by atoms with Gasteiger partial charge in [0.05, 0.1) is 0 Å². The molecule has 0 radical (unpaired) electrons. The van der Waals surface area contributed by atoms with Gasteiger partial charge in [0.25, 0.3) is 5.91 Å². The molecule has 7 heteroatoms. The average molecular weight is 334 g/mol. The molecule has 2 aromatic rings. The Morgan fingerprint density at radius 1 is 1.09 bits per heavy atom. The maximum Gasteiger partial charge on any atom is 0.337 e. The van der Waals surface area contributed by atoms with Crippen molar-refractivity contribution in [3.63, 3.8) is 0 Å². The summed E-state index contributed by atoms with van der Waals surface area (Å²) in [6.45, 7) is 1.72. The van der Waals surface area contributed by atoms with Gasteiger partial charge in [-0.1, -0.05) is 29.8 Å². The second kappa shape index (κ2) is 8.05. The van der Waals surface area contributed by atoms with Gasteiger partial charge in [0.15, 0.2) is 6.61 Å². The largest absolute Gasteiger partial charge is 0.484 e. The lowest BCUT2D eigenvalue weighted by molar-refractivity contribution is -0.123. The molecule has 0 atom stereocenters. The lowest BCUT2D eigenvalue weighted by atomic mass is 10.2. The molecule has 0 aliphatic rings. The zero-order valence-electron chi connectivity index (χ0n) is 12.4. The zero-order chi connectivity index (χ0) is 16.7. The Hall–Kier alpha value is -2.73. The maximum atomic E-state index is 11.6. The van der Waals surface area contributed by atoms with Crippen molar-refractivity contribution < 1.29 is 14.3 Å². The van der Waals surface area contributed by atoms with E-state index in [1.807, 2.05) is 25.1 Å². The van der Waals surface area contributed by atoms with E-state index in [1.54, 1.807) is 30.3 Å². The monoisotopic (exact) mass is 333 g/mol. The number of hydrazine groups is 1. The van der Waals surface area contributed by atoms with Crippen molar-refractivity contribution in [2.45, 2.75) is 6.92 Å². The van der Waals surface area contributed by atoms with Crippen LogP contribution in [-0.2, 0) is 4.79 Å². The minimum atomic E-state index is -0.587. The minimum Gasteiger partial charge on any atom is -0.484 e. The Bertz CT molecular complexity index is 706. The molecule has 120 valence electrons. The van der Waals surface area contributed by atoms with E-state index in [9.17, 15) is 9.59 Å². The topological polar surface area (TPSA) is 79.5 Å². The van der Waals surface area contributed by atoms with E-state index in [1.165, 1.54) is 0 Å². The molecule has 0 aliphatic carbocycles. The Morgan fingerprint density at radius 3 is 2.61 bits per heavy atom. The zero-order valence-corrected chi connectivity index (χ0v) is 13.2. The first-order valence-corrected chi connectivity index (χ1v) is 7.21. The Labute approximate surface area is 138 Å². The van der Waals surface area contributed by atoms with Gasteiger partial charge in [-0.25, -0.2) is 10.2 Å². The molecule has 6 nitrogen and oxygen atoms in total. The van der Waals surface area contributed by atoms with Crippen LogP contribution in [0.4, 0.5) is 10.5 Å². The number of carbonyl (C=O) groups is 2. The summed E-state index contributed by atoms with van der Waals surface area (Å²) in [5.74, 6) is 0.108. The standard InChI is InChI=1S/C16H16ClN3O3/c1-11-4-2-7-14(8-11)23-10-15(21)19-20-16(22)18-13-6-3-5-12(17)9-13/h2-9H,10H2,1H3,(H,19,21)(H2,18,20,22). The van der Waals surface area contributed by atoms with E-state index >= 15 is 0 Å². The van der Waals surface area contributed by atoms with Crippen LogP contribution < -0.4 is 20.9 Å². The molecule has 0 bridgehead atoms. The van der Waals surface area contributed by atoms with Crippen molar-refractivity contribution in [2.24, 2.45) is 0 Å². The minimum absolute atomic E-state index is 0.207. The molecule has 0 fully saturated rings. The number of rotatable bonds is 4. The maximum absolute atomic E-state index is 11.6. The fourth-order valence-corrected chi connectivity index (χ4v) is 1.94. The highest BCUT2D eigenvalue weighted by molar-refractivity contribution is 6.30. The summed E-state index contributed by atoms with van der Waals surface area (Å²) < 4.78 is 5.31. The predicted molar refractivity (Wildman–Crippen MR) is 88.4 cm³/mol. The van der Waals surface area contributed by atoms with Gasteiger partial charge >= 0.3 is 6.03 Å². The SMILES string of the molecule is Cc1cccc(OCC(=O)NNC(=O)Nc2cccc(Cl)c2)c1. The summed E-state index contributed by atoms with van der Waals surface area (Å²) in [6, 6.07) is 13.4. The number of halogens is 1. The third kappa shape index (κ3) is 5.88. The van der Waals surface area contributed by atoms with E-state index in [2.05, 4.69) is 16.2 Å². The van der Waals surface area contributed by atoms with Crippen LogP contribution in [-0.4, -0.2) is 18.5 Å². The van der Waals surface area contributed by atoms with Crippen LogP contribution in [0.5, 0.6) is 5.75 Å². The molecule has 3 amide bonds. The summed E-state index contributed by atoms with van der Waals surface area (Å²) in [4.78, 5) is 23.2. The van der Waals surface area contributed by atoms with Gasteiger partial charge in [0.2, 0.25) is 0 Å². The first kappa shape index (κ1) is 16.6. The second-order valence-corrected chi connectivity index (χ2v) is 5.18. The van der Waals surface area contributed by atoms with Gasteiger partial charge in [0, 0.05) is 10.7 Å². The Balaban J connectivity index is 1.72. The smallest absolute Gasteiger partial charge is 0.337 e. The highest BCUT2D eigenvalue weighted by atomic mass is 35.5. The van der Waals surface area contributed by atoms with E-state index in [4.69, 9.17) is 16.3 Å². The molecule has 0 heterocycles. The number of urea groups is 1. The lowest BCUT2D eigenvalue weighted by Gasteiger charge is -2.10. The Morgan fingerprint density at radius 2 is 1.87 bits per heavy atom. The second-order valence-electron chi connectivity index (χ2n) is 4.74. The number of nitrogens with one attached hydrogen (secondary N) is 3. The third-order valence-corrected chi connectivity index (χ3v) is 2.99. The quantitative estimate of drug-likeness (QED) is 0.753. The molecular formula is C16H16ClN3O3. The highest BCUT2D eigenvalue weighted by Crippen LogP contribution is 2.14. The fourth-order valence-electron chi connectivity index (χ4n) is 1.75. The third-order valence-electron chi connectivity index (χ3n) is 2.76. The van der Waals surface area contributed by atoms with Gasteiger partial charge in [-0.05, 0) is 42.8 Å².